The number of primary amides is 1. The Bertz CT molecular complexity index is 185. The lowest BCUT2D eigenvalue weighted by molar-refractivity contribution is -0.127. The summed E-state index contributed by atoms with van der Waals surface area (Å²) < 4.78 is 0. The summed E-state index contributed by atoms with van der Waals surface area (Å²) in [6.45, 7) is 8.61. The molecule has 1 rings (SSSR count). The SMILES string of the molecule is CC(C)(CN1CCNCC1)C(N)=O. The van der Waals surface area contributed by atoms with E-state index < -0.39 is 5.41 Å². The average Bonchev–Trinajstić information content (AvgIpc) is 2.05. The Hall–Kier alpha value is -0.610. The minimum Gasteiger partial charge on any atom is -0.369 e. The number of carbonyl (C=O) groups excluding carboxylic acids is 1. The molecule has 0 unspecified atom stereocenters. The van der Waals surface area contributed by atoms with E-state index in [2.05, 4.69) is 10.2 Å². The van der Waals surface area contributed by atoms with Crippen LogP contribution in [0, 0.1) is 5.41 Å². The normalized spacial score (nSPS) is 20.2. The largest absolute Gasteiger partial charge is 0.369 e. The summed E-state index contributed by atoms with van der Waals surface area (Å²) in [5.74, 6) is -0.217. The zero-order chi connectivity index (χ0) is 9.90. The van der Waals surface area contributed by atoms with Gasteiger partial charge in [0, 0.05) is 32.7 Å². The van der Waals surface area contributed by atoms with Crippen LogP contribution in [0.25, 0.3) is 0 Å². The molecule has 0 spiro atoms. The first kappa shape index (κ1) is 10.5. The van der Waals surface area contributed by atoms with Crippen molar-refractivity contribution in [1.29, 1.82) is 0 Å². The lowest BCUT2D eigenvalue weighted by Crippen LogP contribution is -2.49. The van der Waals surface area contributed by atoms with Gasteiger partial charge in [0.25, 0.3) is 0 Å². The summed E-state index contributed by atoms with van der Waals surface area (Å²) in [5.41, 5.74) is 4.90. The Morgan fingerprint density at radius 2 is 2.00 bits per heavy atom. The molecule has 0 aliphatic carbocycles. The Balaban J connectivity index is 2.41. The van der Waals surface area contributed by atoms with E-state index in [1.165, 1.54) is 0 Å². The van der Waals surface area contributed by atoms with E-state index in [-0.39, 0.29) is 5.91 Å². The quantitative estimate of drug-likeness (QED) is 0.617. The monoisotopic (exact) mass is 185 g/mol. The topological polar surface area (TPSA) is 58.4 Å². The average molecular weight is 185 g/mol. The number of nitrogens with two attached hydrogens (primary N) is 1. The Labute approximate surface area is 79.5 Å². The van der Waals surface area contributed by atoms with Gasteiger partial charge in [-0.2, -0.15) is 0 Å². The molecule has 13 heavy (non-hydrogen) atoms. The van der Waals surface area contributed by atoms with Gasteiger partial charge >= 0.3 is 0 Å². The van der Waals surface area contributed by atoms with Crippen LogP contribution in [-0.4, -0.2) is 43.5 Å². The number of nitrogens with zero attached hydrogens (tertiary/aromatic N) is 1. The van der Waals surface area contributed by atoms with Crippen LogP contribution >= 0.6 is 0 Å². The lowest BCUT2D eigenvalue weighted by atomic mass is 9.92. The van der Waals surface area contributed by atoms with Gasteiger partial charge in [-0.3, -0.25) is 9.69 Å². The first-order valence-electron chi connectivity index (χ1n) is 4.75. The Morgan fingerprint density at radius 1 is 1.46 bits per heavy atom. The number of hydrogen-bond acceptors (Lipinski definition) is 3. The van der Waals surface area contributed by atoms with Gasteiger partial charge in [0.2, 0.25) is 5.91 Å². The molecule has 1 amide bonds. The highest BCUT2D eigenvalue weighted by molar-refractivity contribution is 5.80. The standard InChI is InChI=1S/C9H19N3O/c1-9(2,8(10)13)7-12-5-3-11-4-6-12/h11H,3-7H2,1-2H3,(H2,10,13). The maximum absolute atomic E-state index is 11.1. The number of hydrogen-bond donors (Lipinski definition) is 2. The highest BCUT2D eigenvalue weighted by Crippen LogP contribution is 2.16. The number of nitrogens with one attached hydrogen (secondary N) is 1. The van der Waals surface area contributed by atoms with Crippen molar-refractivity contribution in [2.24, 2.45) is 11.1 Å². The molecule has 0 aromatic carbocycles. The van der Waals surface area contributed by atoms with Crippen molar-refractivity contribution in [3.63, 3.8) is 0 Å². The predicted molar refractivity (Wildman–Crippen MR) is 52.3 cm³/mol. The van der Waals surface area contributed by atoms with Crippen LogP contribution in [0.3, 0.4) is 0 Å². The molecule has 0 saturated carbocycles. The second-order valence-corrected chi connectivity index (χ2v) is 4.27. The maximum Gasteiger partial charge on any atom is 0.224 e. The van der Waals surface area contributed by atoms with E-state index in [0.717, 1.165) is 32.7 Å². The highest BCUT2D eigenvalue weighted by atomic mass is 16.1. The van der Waals surface area contributed by atoms with E-state index in [1.807, 2.05) is 13.8 Å². The lowest BCUT2D eigenvalue weighted by Gasteiger charge is -2.33. The molecule has 1 aliphatic heterocycles. The van der Waals surface area contributed by atoms with Crippen LogP contribution in [0.1, 0.15) is 13.8 Å². The van der Waals surface area contributed by atoms with Crippen molar-refractivity contribution >= 4 is 5.91 Å². The minimum atomic E-state index is -0.405. The first-order chi connectivity index (χ1) is 6.02. The molecule has 3 N–H and O–H groups in total. The molecule has 4 nitrogen and oxygen atoms in total. The molecule has 1 fully saturated rings. The second-order valence-electron chi connectivity index (χ2n) is 4.27. The van der Waals surface area contributed by atoms with Crippen molar-refractivity contribution < 1.29 is 4.79 Å². The third-order valence-electron chi connectivity index (χ3n) is 2.50. The molecule has 1 heterocycles. The Kier molecular flexibility index (Phi) is 3.27. The van der Waals surface area contributed by atoms with E-state index in [4.69, 9.17) is 5.73 Å². The zero-order valence-corrected chi connectivity index (χ0v) is 8.47. The molecule has 0 radical (unpaired) electrons. The summed E-state index contributed by atoms with van der Waals surface area (Å²) in [6.07, 6.45) is 0. The van der Waals surface area contributed by atoms with Gasteiger partial charge in [-0.05, 0) is 13.8 Å². The molecule has 4 heteroatoms. The number of carbonyl (C=O) groups is 1. The molecule has 0 atom stereocenters. The predicted octanol–water partition coefficient (Wildman–Crippen LogP) is -0.597. The third kappa shape index (κ3) is 2.97. The third-order valence-corrected chi connectivity index (χ3v) is 2.50. The zero-order valence-electron chi connectivity index (χ0n) is 8.47. The molecule has 1 saturated heterocycles. The van der Waals surface area contributed by atoms with E-state index >= 15 is 0 Å². The molecule has 1 aliphatic rings. The smallest absolute Gasteiger partial charge is 0.224 e. The van der Waals surface area contributed by atoms with Crippen LogP contribution in [0.2, 0.25) is 0 Å². The summed E-state index contributed by atoms with van der Waals surface area (Å²) in [5, 5.41) is 3.27. The summed E-state index contributed by atoms with van der Waals surface area (Å²) >= 11 is 0. The van der Waals surface area contributed by atoms with Gasteiger partial charge < -0.3 is 11.1 Å². The van der Waals surface area contributed by atoms with Crippen molar-refractivity contribution in [2.75, 3.05) is 32.7 Å². The molecule has 0 aromatic heterocycles. The fourth-order valence-corrected chi connectivity index (χ4v) is 1.51. The van der Waals surface area contributed by atoms with Gasteiger partial charge in [-0.1, -0.05) is 0 Å². The summed E-state index contributed by atoms with van der Waals surface area (Å²) in [7, 11) is 0. The molecule has 0 bridgehead atoms. The highest BCUT2D eigenvalue weighted by Gasteiger charge is 2.28. The number of piperazine rings is 1. The van der Waals surface area contributed by atoms with Crippen molar-refractivity contribution in [3.05, 3.63) is 0 Å². The Morgan fingerprint density at radius 3 is 2.46 bits per heavy atom. The van der Waals surface area contributed by atoms with Crippen LogP contribution in [-0.2, 0) is 4.79 Å². The van der Waals surface area contributed by atoms with Gasteiger partial charge in [0.1, 0.15) is 0 Å². The molecule has 0 aromatic rings. The number of rotatable bonds is 3. The van der Waals surface area contributed by atoms with Crippen LogP contribution in [0.4, 0.5) is 0 Å². The number of amides is 1. The van der Waals surface area contributed by atoms with E-state index in [0.29, 0.717) is 0 Å². The van der Waals surface area contributed by atoms with Crippen molar-refractivity contribution in [3.8, 4) is 0 Å². The van der Waals surface area contributed by atoms with Crippen LogP contribution in [0.5, 0.6) is 0 Å². The summed E-state index contributed by atoms with van der Waals surface area (Å²) in [4.78, 5) is 13.4. The molecular formula is C9H19N3O. The van der Waals surface area contributed by atoms with Gasteiger partial charge in [0.05, 0.1) is 5.41 Å². The second kappa shape index (κ2) is 4.07. The molecule has 76 valence electrons. The van der Waals surface area contributed by atoms with Gasteiger partial charge in [0.15, 0.2) is 0 Å². The summed E-state index contributed by atoms with van der Waals surface area (Å²) in [6, 6.07) is 0. The minimum absolute atomic E-state index is 0.217. The van der Waals surface area contributed by atoms with Gasteiger partial charge in [-0.25, -0.2) is 0 Å². The van der Waals surface area contributed by atoms with Crippen LogP contribution < -0.4 is 11.1 Å². The first-order valence-corrected chi connectivity index (χ1v) is 4.75. The van der Waals surface area contributed by atoms with E-state index in [9.17, 15) is 4.79 Å². The fourth-order valence-electron chi connectivity index (χ4n) is 1.51. The molecular weight excluding hydrogens is 166 g/mol. The maximum atomic E-state index is 11.1. The van der Waals surface area contributed by atoms with Gasteiger partial charge in [-0.15, -0.1) is 0 Å². The van der Waals surface area contributed by atoms with Crippen LogP contribution in [0.15, 0.2) is 0 Å². The fraction of sp³-hybridized carbons (Fsp3) is 0.889. The van der Waals surface area contributed by atoms with Crippen molar-refractivity contribution in [1.82, 2.24) is 10.2 Å². The van der Waals surface area contributed by atoms with E-state index in [1.54, 1.807) is 0 Å². The van der Waals surface area contributed by atoms with Crippen molar-refractivity contribution in [2.45, 2.75) is 13.8 Å².